The van der Waals surface area contributed by atoms with Crippen LogP contribution < -0.4 is 5.73 Å². The summed E-state index contributed by atoms with van der Waals surface area (Å²) in [6, 6.07) is -0.379. The van der Waals surface area contributed by atoms with Crippen LogP contribution in [0.15, 0.2) is 0 Å². The van der Waals surface area contributed by atoms with Gasteiger partial charge in [-0.05, 0) is 20.3 Å². The third kappa shape index (κ3) is 3.28. The zero-order valence-electron chi connectivity index (χ0n) is 9.84. The zero-order valence-corrected chi connectivity index (χ0v) is 10.7. The van der Waals surface area contributed by atoms with Crippen molar-refractivity contribution in [2.24, 2.45) is 5.73 Å². The van der Waals surface area contributed by atoms with Gasteiger partial charge in [0.1, 0.15) is 21.5 Å². The summed E-state index contributed by atoms with van der Waals surface area (Å²) in [5, 5.41) is 7.92. The predicted octanol–water partition coefficient (Wildman–Crippen LogP) is 0.0409. The number of nitrogens with two attached hydrogens (primary N) is 1. The molecule has 1 rings (SSSR count). The molecule has 0 fully saturated rings. The summed E-state index contributed by atoms with van der Waals surface area (Å²) in [5.41, 5.74) is 5.90. The first kappa shape index (κ1) is 13.1. The quantitative estimate of drug-likeness (QED) is 0.792. The molecule has 7 heteroatoms. The Bertz CT molecular complexity index is 452. The van der Waals surface area contributed by atoms with Crippen LogP contribution in [-0.4, -0.2) is 35.2 Å². The highest BCUT2D eigenvalue weighted by Crippen LogP contribution is 2.13. The number of aryl methyl sites for hydroxylation is 1. The Morgan fingerprint density at radius 3 is 2.56 bits per heavy atom. The molecular weight excluding hydrogens is 228 g/mol. The largest absolute Gasteiger partial charge is 0.321 e. The fourth-order valence-corrected chi connectivity index (χ4v) is 2.21. The molecule has 1 atom stereocenters. The number of nitrogens with zero attached hydrogens (tertiary/aromatic N) is 3. The van der Waals surface area contributed by atoms with Crippen LogP contribution in [0.1, 0.15) is 31.0 Å². The van der Waals surface area contributed by atoms with Crippen LogP contribution in [-0.2, 0) is 16.4 Å². The first-order valence-electron chi connectivity index (χ1n) is 5.18. The van der Waals surface area contributed by atoms with Gasteiger partial charge in [0.05, 0.1) is 11.8 Å². The Kier molecular flexibility index (Phi) is 4.03. The summed E-state index contributed by atoms with van der Waals surface area (Å²) in [4.78, 5) is 0. The third-order valence-electron chi connectivity index (χ3n) is 2.41. The standard InChI is InChI=1S/C9H18N4O2S/c1-4-13-7(2)11-12-9(13)8(10)5-6-16(3,14)15/h8H,4-6,10H2,1-3H3. The molecule has 0 radical (unpaired) electrons. The molecule has 0 amide bonds. The second-order valence-electron chi connectivity index (χ2n) is 3.87. The maximum absolute atomic E-state index is 11.0. The minimum absolute atomic E-state index is 0.0732. The van der Waals surface area contributed by atoms with Crippen LogP contribution in [0.25, 0.3) is 0 Å². The van der Waals surface area contributed by atoms with E-state index in [4.69, 9.17) is 5.73 Å². The zero-order chi connectivity index (χ0) is 12.3. The van der Waals surface area contributed by atoms with Gasteiger partial charge in [-0.3, -0.25) is 0 Å². The number of aromatic nitrogens is 3. The van der Waals surface area contributed by atoms with Gasteiger partial charge in [-0.15, -0.1) is 10.2 Å². The van der Waals surface area contributed by atoms with Crippen LogP contribution >= 0.6 is 0 Å². The second-order valence-corrected chi connectivity index (χ2v) is 6.13. The molecule has 0 aliphatic heterocycles. The van der Waals surface area contributed by atoms with Gasteiger partial charge < -0.3 is 10.3 Å². The van der Waals surface area contributed by atoms with Crippen LogP contribution in [0.4, 0.5) is 0 Å². The maximum Gasteiger partial charge on any atom is 0.149 e. The highest BCUT2D eigenvalue weighted by molar-refractivity contribution is 7.90. The SMILES string of the molecule is CCn1c(C)nnc1C(N)CCS(C)(=O)=O. The molecule has 2 N–H and O–H groups in total. The number of hydrogen-bond acceptors (Lipinski definition) is 5. The molecule has 0 saturated heterocycles. The molecule has 0 spiro atoms. The Balaban J connectivity index is 2.77. The Morgan fingerprint density at radius 1 is 1.44 bits per heavy atom. The normalized spacial score (nSPS) is 14.0. The maximum atomic E-state index is 11.0. The van der Waals surface area contributed by atoms with E-state index in [1.807, 2.05) is 18.4 Å². The monoisotopic (exact) mass is 246 g/mol. The van der Waals surface area contributed by atoms with Gasteiger partial charge in [0, 0.05) is 12.8 Å². The molecule has 0 aliphatic rings. The van der Waals surface area contributed by atoms with E-state index >= 15 is 0 Å². The average molecular weight is 246 g/mol. The van der Waals surface area contributed by atoms with Crippen LogP contribution in [0, 0.1) is 6.92 Å². The fourth-order valence-electron chi connectivity index (χ4n) is 1.53. The lowest BCUT2D eigenvalue weighted by molar-refractivity contribution is 0.566. The first-order valence-corrected chi connectivity index (χ1v) is 7.24. The lowest BCUT2D eigenvalue weighted by atomic mass is 10.2. The molecule has 0 saturated carbocycles. The smallest absolute Gasteiger partial charge is 0.149 e. The molecule has 1 aromatic rings. The van der Waals surface area contributed by atoms with Crippen molar-refractivity contribution in [1.29, 1.82) is 0 Å². The summed E-state index contributed by atoms with van der Waals surface area (Å²) in [5.74, 6) is 1.53. The van der Waals surface area contributed by atoms with Gasteiger partial charge in [-0.2, -0.15) is 0 Å². The van der Waals surface area contributed by atoms with E-state index in [2.05, 4.69) is 10.2 Å². The van der Waals surface area contributed by atoms with Crippen molar-refractivity contribution >= 4 is 9.84 Å². The van der Waals surface area contributed by atoms with Gasteiger partial charge in [0.25, 0.3) is 0 Å². The molecule has 16 heavy (non-hydrogen) atoms. The molecule has 0 aliphatic carbocycles. The van der Waals surface area contributed by atoms with Gasteiger partial charge in [0.2, 0.25) is 0 Å². The lowest BCUT2D eigenvalue weighted by Crippen LogP contribution is -2.20. The van der Waals surface area contributed by atoms with E-state index in [-0.39, 0.29) is 11.8 Å². The number of sulfone groups is 1. The van der Waals surface area contributed by atoms with E-state index in [0.717, 1.165) is 12.4 Å². The summed E-state index contributed by atoms with van der Waals surface area (Å²) >= 11 is 0. The molecule has 92 valence electrons. The molecule has 1 aromatic heterocycles. The van der Waals surface area contributed by atoms with Gasteiger partial charge in [-0.25, -0.2) is 8.42 Å². The van der Waals surface area contributed by atoms with Crippen molar-refractivity contribution in [3.8, 4) is 0 Å². The van der Waals surface area contributed by atoms with Crippen LogP contribution in [0.2, 0.25) is 0 Å². The minimum atomic E-state index is -2.98. The van der Waals surface area contributed by atoms with Crippen molar-refractivity contribution in [1.82, 2.24) is 14.8 Å². The van der Waals surface area contributed by atoms with Gasteiger partial charge in [-0.1, -0.05) is 0 Å². The van der Waals surface area contributed by atoms with E-state index in [0.29, 0.717) is 12.2 Å². The average Bonchev–Trinajstić information content (AvgIpc) is 2.54. The summed E-state index contributed by atoms with van der Waals surface area (Å²) in [7, 11) is -2.98. The molecule has 1 unspecified atom stereocenters. The lowest BCUT2D eigenvalue weighted by Gasteiger charge is -2.11. The van der Waals surface area contributed by atoms with Crippen LogP contribution in [0.3, 0.4) is 0 Å². The topological polar surface area (TPSA) is 90.9 Å². The first-order chi connectivity index (χ1) is 7.35. The summed E-state index contributed by atoms with van der Waals surface area (Å²) < 4.78 is 24.0. The fraction of sp³-hybridized carbons (Fsp3) is 0.778. The van der Waals surface area contributed by atoms with E-state index in [1.165, 1.54) is 6.26 Å². The van der Waals surface area contributed by atoms with Crippen molar-refractivity contribution in [2.45, 2.75) is 32.9 Å². The Labute approximate surface area is 95.8 Å². The number of rotatable bonds is 5. The third-order valence-corrected chi connectivity index (χ3v) is 3.39. The van der Waals surface area contributed by atoms with Crippen molar-refractivity contribution in [3.63, 3.8) is 0 Å². The van der Waals surface area contributed by atoms with Crippen molar-refractivity contribution in [3.05, 3.63) is 11.6 Å². The highest BCUT2D eigenvalue weighted by Gasteiger charge is 2.17. The molecule has 1 heterocycles. The van der Waals surface area contributed by atoms with Crippen molar-refractivity contribution < 1.29 is 8.42 Å². The summed E-state index contributed by atoms with van der Waals surface area (Å²) in [6.07, 6.45) is 1.58. The van der Waals surface area contributed by atoms with Crippen LogP contribution in [0.5, 0.6) is 0 Å². The second kappa shape index (κ2) is 4.92. The molecule has 0 aromatic carbocycles. The van der Waals surface area contributed by atoms with Crippen molar-refractivity contribution in [2.75, 3.05) is 12.0 Å². The molecule has 0 bridgehead atoms. The van der Waals surface area contributed by atoms with E-state index in [9.17, 15) is 8.42 Å². The Hall–Kier alpha value is -0.950. The highest BCUT2D eigenvalue weighted by atomic mass is 32.2. The predicted molar refractivity (Wildman–Crippen MR) is 61.7 cm³/mol. The van der Waals surface area contributed by atoms with E-state index < -0.39 is 9.84 Å². The molecule has 6 nitrogen and oxygen atoms in total. The number of hydrogen-bond donors (Lipinski definition) is 1. The van der Waals surface area contributed by atoms with Gasteiger partial charge >= 0.3 is 0 Å². The molecular formula is C9H18N4O2S. The Morgan fingerprint density at radius 2 is 2.06 bits per heavy atom. The summed E-state index contributed by atoms with van der Waals surface area (Å²) in [6.45, 7) is 4.56. The van der Waals surface area contributed by atoms with Gasteiger partial charge in [0.15, 0.2) is 0 Å². The minimum Gasteiger partial charge on any atom is -0.321 e. The van der Waals surface area contributed by atoms with E-state index in [1.54, 1.807) is 0 Å².